The van der Waals surface area contributed by atoms with Crippen LogP contribution in [0.15, 0.2) is 30.3 Å². The van der Waals surface area contributed by atoms with Gasteiger partial charge in [-0.3, -0.25) is 4.79 Å². The van der Waals surface area contributed by atoms with E-state index in [1.165, 1.54) is 57.8 Å². The van der Waals surface area contributed by atoms with Crippen LogP contribution in [0.2, 0.25) is 0 Å². The van der Waals surface area contributed by atoms with Gasteiger partial charge in [-0.1, -0.05) is 88.1 Å². The van der Waals surface area contributed by atoms with Crippen molar-refractivity contribution in [3.05, 3.63) is 35.9 Å². The van der Waals surface area contributed by atoms with Gasteiger partial charge in [-0.15, -0.1) is 0 Å². The molecule has 2 nitrogen and oxygen atoms in total. The second kappa shape index (κ2) is 14.2. The predicted molar refractivity (Wildman–Crippen MR) is 96.9 cm³/mol. The molecule has 2 heteroatoms. The lowest BCUT2D eigenvalue weighted by Gasteiger charge is -2.03. The van der Waals surface area contributed by atoms with E-state index >= 15 is 0 Å². The highest BCUT2D eigenvalue weighted by Gasteiger charge is 2.03. The van der Waals surface area contributed by atoms with E-state index in [-0.39, 0.29) is 5.78 Å². The van der Waals surface area contributed by atoms with Crippen LogP contribution in [0.1, 0.15) is 93.8 Å². The van der Waals surface area contributed by atoms with Gasteiger partial charge >= 0.3 is 0 Å². The number of carbonyl (C=O) groups excluding carboxylic acids is 2. The molecular weight excluding hydrogens is 284 g/mol. The smallest absolute Gasteiger partial charge is 0.162 e. The maximum absolute atomic E-state index is 11.9. The van der Waals surface area contributed by atoms with E-state index in [9.17, 15) is 9.59 Å². The topological polar surface area (TPSA) is 34.1 Å². The molecule has 0 unspecified atom stereocenters. The number of benzene rings is 1. The van der Waals surface area contributed by atoms with Gasteiger partial charge in [0.25, 0.3) is 0 Å². The first-order valence-corrected chi connectivity index (χ1v) is 9.36. The van der Waals surface area contributed by atoms with Crippen LogP contribution >= 0.6 is 0 Å². The molecule has 0 aliphatic carbocycles. The second-order valence-corrected chi connectivity index (χ2v) is 6.38. The summed E-state index contributed by atoms with van der Waals surface area (Å²) in [5, 5.41) is 0. The summed E-state index contributed by atoms with van der Waals surface area (Å²) in [7, 11) is 0. The molecule has 0 heterocycles. The van der Waals surface area contributed by atoms with Crippen molar-refractivity contribution in [1.82, 2.24) is 0 Å². The standard InChI is InChI=1S/C21H32O2/c22-19-15-10-8-6-4-2-1-3-5-7-9-14-18-21(23)20-16-12-11-13-17-20/h11-13,16-17,19H,1-10,14-15,18H2. The fraction of sp³-hybridized carbons (Fsp3) is 0.619. The zero-order chi connectivity index (χ0) is 16.6. The average molecular weight is 316 g/mol. The van der Waals surface area contributed by atoms with E-state index in [4.69, 9.17) is 0 Å². The van der Waals surface area contributed by atoms with Gasteiger partial charge < -0.3 is 4.79 Å². The van der Waals surface area contributed by atoms with Crippen LogP contribution in [-0.2, 0) is 4.79 Å². The largest absolute Gasteiger partial charge is 0.303 e. The Morgan fingerprint density at radius 2 is 1.17 bits per heavy atom. The van der Waals surface area contributed by atoms with Crippen LogP contribution in [-0.4, -0.2) is 12.1 Å². The van der Waals surface area contributed by atoms with Crippen LogP contribution in [0, 0.1) is 0 Å². The molecule has 0 N–H and O–H groups in total. The van der Waals surface area contributed by atoms with Crippen molar-refractivity contribution in [2.45, 2.75) is 83.5 Å². The Hall–Kier alpha value is -1.44. The maximum atomic E-state index is 11.9. The molecule has 128 valence electrons. The van der Waals surface area contributed by atoms with Gasteiger partial charge in [-0.05, 0) is 12.8 Å². The third-order valence-electron chi connectivity index (χ3n) is 4.32. The predicted octanol–water partition coefficient (Wildman–Crippen LogP) is 6.14. The molecule has 0 aromatic heterocycles. The minimum atomic E-state index is 0.278. The third kappa shape index (κ3) is 10.8. The maximum Gasteiger partial charge on any atom is 0.162 e. The number of ketones is 1. The highest BCUT2D eigenvalue weighted by Crippen LogP contribution is 2.13. The highest BCUT2D eigenvalue weighted by molar-refractivity contribution is 5.95. The van der Waals surface area contributed by atoms with E-state index in [0.29, 0.717) is 6.42 Å². The number of rotatable bonds is 15. The summed E-state index contributed by atoms with van der Waals surface area (Å²) in [6.45, 7) is 0. The summed E-state index contributed by atoms with van der Waals surface area (Å²) in [5.74, 6) is 0.278. The number of hydrogen-bond donors (Lipinski definition) is 0. The van der Waals surface area contributed by atoms with Gasteiger partial charge in [-0.2, -0.15) is 0 Å². The van der Waals surface area contributed by atoms with Crippen LogP contribution in [0.25, 0.3) is 0 Å². The van der Waals surface area contributed by atoms with Crippen LogP contribution < -0.4 is 0 Å². The molecule has 0 radical (unpaired) electrons. The zero-order valence-electron chi connectivity index (χ0n) is 14.5. The molecule has 0 atom stereocenters. The van der Waals surface area contributed by atoms with Crippen molar-refractivity contribution in [1.29, 1.82) is 0 Å². The Balaban J connectivity index is 1.83. The molecule has 1 aromatic carbocycles. The molecule has 23 heavy (non-hydrogen) atoms. The quantitative estimate of drug-likeness (QED) is 0.221. The molecule has 0 fully saturated rings. The first kappa shape index (κ1) is 19.6. The van der Waals surface area contributed by atoms with Gasteiger partial charge in [0.1, 0.15) is 6.29 Å². The lowest BCUT2D eigenvalue weighted by atomic mass is 10.0. The van der Waals surface area contributed by atoms with Crippen molar-refractivity contribution in [3.63, 3.8) is 0 Å². The molecular formula is C21H32O2. The summed E-state index contributed by atoms with van der Waals surface area (Å²) in [6, 6.07) is 9.61. The highest BCUT2D eigenvalue weighted by atomic mass is 16.1. The van der Waals surface area contributed by atoms with Crippen LogP contribution in [0.4, 0.5) is 0 Å². The van der Waals surface area contributed by atoms with Gasteiger partial charge in [-0.25, -0.2) is 0 Å². The molecule has 0 aliphatic heterocycles. The number of hydrogen-bond acceptors (Lipinski definition) is 2. The van der Waals surface area contributed by atoms with Gasteiger partial charge in [0.05, 0.1) is 0 Å². The molecule has 0 bridgehead atoms. The summed E-state index contributed by atoms with van der Waals surface area (Å²) in [6.07, 6.45) is 16.0. The van der Waals surface area contributed by atoms with E-state index in [1.807, 2.05) is 30.3 Å². The molecule has 0 saturated carbocycles. The number of Topliss-reactive ketones (excluding diaryl/α,β-unsaturated/α-hetero) is 1. The van der Waals surface area contributed by atoms with Crippen molar-refractivity contribution in [2.75, 3.05) is 0 Å². The average Bonchev–Trinajstić information content (AvgIpc) is 2.59. The van der Waals surface area contributed by atoms with Gasteiger partial charge in [0, 0.05) is 18.4 Å². The first-order valence-electron chi connectivity index (χ1n) is 9.36. The summed E-state index contributed by atoms with van der Waals surface area (Å²) in [4.78, 5) is 22.1. The van der Waals surface area contributed by atoms with Gasteiger partial charge in [0.2, 0.25) is 0 Å². The van der Waals surface area contributed by atoms with E-state index in [0.717, 1.165) is 31.1 Å². The van der Waals surface area contributed by atoms with E-state index < -0.39 is 0 Å². The molecule has 1 aromatic rings. The Labute approximate surface area is 141 Å². The summed E-state index contributed by atoms with van der Waals surface area (Å²) in [5.41, 5.74) is 0.848. The third-order valence-corrected chi connectivity index (χ3v) is 4.32. The molecule has 0 amide bonds. The fourth-order valence-corrected chi connectivity index (χ4v) is 2.87. The molecule has 1 rings (SSSR count). The lowest BCUT2D eigenvalue weighted by molar-refractivity contribution is -0.107. The SMILES string of the molecule is O=CCCCCCCCCCCCCCC(=O)c1ccccc1. The summed E-state index contributed by atoms with van der Waals surface area (Å²) < 4.78 is 0. The molecule has 0 spiro atoms. The number of carbonyl (C=O) groups is 2. The Morgan fingerprint density at radius 3 is 1.70 bits per heavy atom. The molecule has 0 saturated heterocycles. The van der Waals surface area contributed by atoms with Crippen molar-refractivity contribution >= 4 is 12.1 Å². The van der Waals surface area contributed by atoms with Crippen LogP contribution in [0.3, 0.4) is 0 Å². The number of unbranched alkanes of at least 4 members (excludes halogenated alkanes) is 11. The number of aldehydes is 1. The first-order chi connectivity index (χ1) is 11.3. The Kier molecular flexibility index (Phi) is 12.1. The van der Waals surface area contributed by atoms with Crippen molar-refractivity contribution in [3.8, 4) is 0 Å². The summed E-state index contributed by atoms with van der Waals surface area (Å²) >= 11 is 0. The minimum absolute atomic E-state index is 0.278. The van der Waals surface area contributed by atoms with E-state index in [1.54, 1.807) is 0 Å². The lowest BCUT2D eigenvalue weighted by Crippen LogP contribution is -1.98. The Morgan fingerprint density at radius 1 is 0.696 bits per heavy atom. The van der Waals surface area contributed by atoms with E-state index in [2.05, 4.69) is 0 Å². The molecule has 0 aliphatic rings. The fourth-order valence-electron chi connectivity index (χ4n) is 2.87. The van der Waals surface area contributed by atoms with Gasteiger partial charge in [0.15, 0.2) is 5.78 Å². The monoisotopic (exact) mass is 316 g/mol. The zero-order valence-corrected chi connectivity index (χ0v) is 14.5. The van der Waals surface area contributed by atoms with Crippen LogP contribution in [0.5, 0.6) is 0 Å². The second-order valence-electron chi connectivity index (χ2n) is 6.38. The van der Waals surface area contributed by atoms with Crippen molar-refractivity contribution in [2.24, 2.45) is 0 Å². The normalized spacial score (nSPS) is 10.6. The minimum Gasteiger partial charge on any atom is -0.303 e. The van der Waals surface area contributed by atoms with Crippen molar-refractivity contribution < 1.29 is 9.59 Å². The Bertz CT molecular complexity index is 411.